The number of alkyl halides is 1. The van der Waals surface area contributed by atoms with Gasteiger partial charge in [-0.3, -0.25) is 0 Å². The minimum atomic E-state index is 0.559. The van der Waals surface area contributed by atoms with Crippen LogP contribution in [0.3, 0.4) is 0 Å². The molecule has 0 aliphatic carbocycles. The number of hydrogen-bond donors (Lipinski definition) is 0. The highest BCUT2D eigenvalue weighted by molar-refractivity contribution is 6.17. The first-order valence-corrected chi connectivity index (χ1v) is 5.55. The largest absolute Gasteiger partial charge is 0.352 e. The Morgan fingerprint density at radius 2 is 2.50 bits per heavy atom. The summed E-state index contributed by atoms with van der Waals surface area (Å²) in [7, 11) is 0. The molecule has 0 radical (unpaired) electrons. The molecule has 1 aliphatic heterocycles. The number of rotatable bonds is 3. The smallest absolute Gasteiger partial charge is 0.151 e. The molecule has 1 unspecified atom stereocenters. The van der Waals surface area contributed by atoms with Crippen LogP contribution >= 0.6 is 11.6 Å². The maximum absolute atomic E-state index is 5.77. The van der Waals surface area contributed by atoms with E-state index in [0.717, 1.165) is 24.7 Å². The Kier molecular flexibility index (Phi) is 3.19. The SMILES string of the molecule is ClCCC1CCCN1c1cccnn1. The van der Waals surface area contributed by atoms with Crippen molar-refractivity contribution in [3.8, 4) is 0 Å². The van der Waals surface area contributed by atoms with E-state index in [4.69, 9.17) is 11.6 Å². The van der Waals surface area contributed by atoms with Gasteiger partial charge in [-0.05, 0) is 31.4 Å². The van der Waals surface area contributed by atoms with Crippen LogP contribution in [0.5, 0.6) is 0 Å². The predicted octanol–water partition coefficient (Wildman–Crippen LogP) is 2.07. The van der Waals surface area contributed by atoms with Gasteiger partial charge in [0.2, 0.25) is 0 Å². The van der Waals surface area contributed by atoms with Gasteiger partial charge in [0.05, 0.1) is 0 Å². The van der Waals surface area contributed by atoms with E-state index >= 15 is 0 Å². The van der Waals surface area contributed by atoms with Gasteiger partial charge >= 0.3 is 0 Å². The summed E-state index contributed by atoms with van der Waals surface area (Å²) in [6.45, 7) is 1.08. The minimum absolute atomic E-state index is 0.559. The molecule has 1 saturated heterocycles. The average Bonchev–Trinajstić information content (AvgIpc) is 2.68. The first kappa shape index (κ1) is 9.71. The Morgan fingerprint density at radius 1 is 1.57 bits per heavy atom. The lowest BCUT2D eigenvalue weighted by Gasteiger charge is -2.24. The summed E-state index contributed by atoms with van der Waals surface area (Å²) >= 11 is 5.77. The van der Waals surface area contributed by atoms with Gasteiger partial charge in [0.15, 0.2) is 5.82 Å². The van der Waals surface area contributed by atoms with E-state index in [0.29, 0.717) is 6.04 Å². The lowest BCUT2D eigenvalue weighted by Crippen LogP contribution is -2.30. The molecule has 1 aliphatic rings. The lowest BCUT2D eigenvalue weighted by molar-refractivity contribution is 0.640. The molecule has 1 aromatic heterocycles. The topological polar surface area (TPSA) is 29.0 Å². The van der Waals surface area contributed by atoms with E-state index in [2.05, 4.69) is 15.1 Å². The fourth-order valence-electron chi connectivity index (χ4n) is 2.01. The minimum Gasteiger partial charge on any atom is -0.352 e. The van der Waals surface area contributed by atoms with E-state index < -0.39 is 0 Å². The first-order chi connectivity index (χ1) is 6.92. The monoisotopic (exact) mass is 211 g/mol. The van der Waals surface area contributed by atoms with Crippen LogP contribution in [-0.2, 0) is 0 Å². The van der Waals surface area contributed by atoms with Crippen molar-refractivity contribution in [1.82, 2.24) is 10.2 Å². The van der Waals surface area contributed by atoms with E-state index in [1.807, 2.05) is 12.1 Å². The van der Waals surface area contributed by atoms with Crippen molar-refractivity contribution in [2.75, 3.05) is 17.3 Å². The third-order valence-corrected chi connectivity index (χ3v) is 2.89. The molecule has 76 valence electrons. The summed E-state index contributed by atoms with van der Waals surface area (Å²) in [6.07, 6.45) is 5.20. The number of nitrogens with zero attached hydrogens (tertiary/aromatic N) is 3. The summed E-state index contributed by atoms with van der Waals surface area (Å²) in [5, 5.41) is 8.03. The van der Waals surface area contributed by atoms with Crippen molar-refractivity contribution in [3.05, 3.63) is 18.3 Å². The zero-order valence-electron chi connectivity index (χ0n) is 8.06. The van der Waals surface area contributed by atoms with Gasteiger partial charge in [0, 0.05) is 24.7 Å². The van der Waals surface area contributed by atoms with Crippen LogP contribution in [0.25, 0.3) is 0 Å². The third-order valence-electron chi connectivity index (χ3n) is 2.67. The maximum atomic E-state index is 5.77. The molecule has 3 nitrogen and oxygen atoms in total. The second kappa shape index (κ2) is 4.60. The maximum Gasteiger partial charge on any atom is 0.151 e. The van der Waals surface area contributed by atoms with E-state index in [1.165, 1.54) is 12.8 Å². The molecular weight excluding hydrogens is 198 g/mol. The quantitative estimate of drug-likeness (QED) is 0.717. The van der Waals surface area contributed by atoms with Gasteiger partial charge in [-0.2, -0.15) is 5.10 Å². The molecule has 0 N–H and O–H groups in total. The van der Waals surface area contributed by atoms with Gasteiger partial charge in [-0.1, -0.05) is 0 Å². The van der Waals surface area contributed by atoms with Crippen molar-refractivity contribution in [2.24, 2.45) is 0 Å². The third kappa shape index (κ3) is 1.98. The van der Waals surface area contributed by atoms with E-state index in [9.17, 15) is 0 Å². The van der Waals surface area contributed by atoms with E-state index in [1.54, 1.807) is 6.20 Å². The van der Waals surface area contributed by atoms with Gasteiger partial charge < -0.3 is 4.90 Å². The van der Waals surface area contributed by atoms with Crippen molar-refractivity contribution in [2.45, 2.75) is 25.3 Å². The number of halogens is 1. The highest BCUT2D eigenvalue weighted by Crippen LogP contribution is 2.25. The fourth-order valence-corrected chi connectivity index (χ4v) is 2.26. The van der Waals surface area contributed by atoms with Gasteiger partial charge in [0.1, 0.15) is 0 Å². The van der Waals surface area contributed by atoms with Gasteiger partial charge in [-0.15, -0.1) is 16.7 Å². The standard InChI is InChI=1S/C10H14ClN3/c11-6-5-9-3-2-8-14(9)10-4-1-7-12-13-10/h1,4,7,9H,2-3,5-6,8H2. The molecule has 2 heterocycles. The second-order valence-corrected chi connectivity index (χ2v) is 3.93. The molecule has 4 heteroatoms. The van der Waals surface area contributed by atoms with Crippen LogP contribution in [0.2, 0.25) is 0 Å². The van der Waals surface area contributed by atoms with Crippen LogP contribution < -0.4 is 4.90 Å². The van der Waals surface area contributed by atoms with E-state index in [-0.39, 0.29) is 0 Å². The number of anilines is 1. The fraction of sp³-hybridized carbons (Fsp3) is 0.600. The van der Waals surface area contributed by atoms with Crippen LogP contribution in [-0.4, -0.2) is 28.7 Å². The highest BCUT2D eigenvalue weighted by Gasteiger charge is 2.24. The molecule has 1 aromatic rings. The van der Waals surface area contributed by atoms with Crippen LogP contribution in [0, 0.1) is 0 Å². The van der Waals surface area contributed by atoms with Crippen molar-refractivity contribution in [3.63, 3.8) is 0 Å². The molecular formula is C10H14ClN3. The average molecular weight is 212 g/mol. The molecule has 0 amide bonds. The molecule has 14 heavy (non-hydrogen) atoms. The molecule has 2 rings (SSSR count). The summed E-state index contributed by atoms with van der Waals surface area (Å²) in [5.41, 5.74) is 0. The van der Waals surface area contributed by atoms with Crippen LogP contribution in [0.15, 0.2) is 18.3 Å². The van der Waals surface area contributed by atoms with Crippen molar-refractivity contribution in [1.29, 1.82) is 0 Å². The lowest BCUT2D eigenvalue weighted by atomic mass is 10.2. The normalized spacial score (nSPS) is 21.5. The Hall–Kier alpha value is -0.830. The second-order valence-electron chi connectivity index (χ2n) is 3.55. The molecule has 0 spiro atoms. The Balaban J connectivity index is 2.10. The van der Waals surface area contributed by atoms with Crippen LogP contribution in [0.1, 0.15) is 19.3 Å². The van der Waals surface area contributed by atoms with Crippen LogP contribution in [0.4, 0.5) is 5.82 Å². The first-order valence-electron chi connectivity index (χ1n) is 5.02. The zero-order chi connectivity index (χ0) is 9.80. The van der Waals surface area contributed by atoms with Gasteiger partial charge in [-0.25, -0.2) is 0 Å². The summed E-state index contributed by atoms with van der Waals surface area (Å²) < 4.78 is 0. The Morgan fingerprint density at radius 3 is 3.21 bits per heavy atom. The molecule has 0 bridgehead atoms. The highest BCUT2D eigenvalue weighted by atomic mass is 35.5. The van der Waals surface area contributed by atoms with Crippen molar-refractivity contribution < 1.29 is 0 Å². The number of hydrogen-bond acceptors (Lipinski definition) is 3. The Bertz CT molecular complexity index is 278. The predicted molar refractivity (Wildman–Crippen MR) is 57.7 cm³/mol. The molecule has 0 aromatic carbocycles. The summed E-state index contributed by atoms with van der Waals surface area (Å²) in [6, 6.07) is 4.50. The summed E-state index contributed by atoms with van der Waals surface area (Å²) in [5.74, 6) is 1.71. The zero-order valence-corrected chi connectivity index (χ0v) is 8.82. The van der Waals surface area contributed by atoms with Gasteiger partial charge in [0.25, 0.3) is 0 Å². The molecule has 1 fully saturated rings. The molecule has 0 saturated carbocycles. The molecule has 1 atom stereocenters. The Labute approximate surface area is 89.1 Å². The summed E-state index contributed by atoms with van der Waals surface area (Å²) in [4.78, 5) is 2.31. The number of aromatic nitrogens is 2. The van der Waals surface area contributed by atoms with Crippen molar-refractivity contribution >= 4 is 17.4 Å².